The predicted octanol–water partition coefficient (Wildman–Crippen LogP) is 4.17. The molecule has 0 atom stereocenters. The molecule has 6 nitrogen and oxygen atoms in total. The third-order valence-electron chi connectivity index (χ3n) is 2.79. The van der Waals surface area contributed by atoms with Crippen molar-refractivity contribution in [2.24, 2.45) is 10.2 Å². The topological polar surface area (TPSA) is 89.1 Å². The van der Waals surface area contributed by atoms with Crippen molar-refractivity contribution in [3.8, 4) is 0 Å². The SMILES string of the molecule is COC(=O)Nc1ccc(N=Nc2ccc(N)cc2C)cc1. The minimum Gasteiger partial charge on any atom is -0.453 e. The number of hydrogen-bond donors (Lipinski definition) is 2. The number of hydrogen-bond acceptors (Lipinski definition) is 5. The largest absolute Gasteiger partial charge is 0.453 e. The quantitative estimate of drug-likeness (QED) is 0.654. The Hall–Kier alpha value is -2.89. The summed E-state index contributed by atoms with van der Waals surface area (Å²) in [5.74, 6) is 0. The normalized spacial score (nSPS) is 10.6. The van der Waals surface area contributed by atoms with Crippen LogP contribution in [0.4, 0.5) is 27.5 Å². The molecule has 0 unspecified atom stereocenters. The van der Waals surface area contributed by atoms with Gasteiger partial charge in [-0.1, -0.05) is 0 Å². The fraction of sp³-hybridized carbons (Fsp3) is 0.133. The van der Waals surface area contributed by atoms with Crippen LogP contribution in [0.1, 0.15) is 5.56 Å². The van der Waals surface area contributed by atoms with Crippen molar-refractivity contribution in [2.75, 3.05) is 18.2 Å². The monoisotopic (exact) mass is 284 g/mol. The van der Waals surface area contributed by atoms with Crippen LogP contribution in [-0.2, 0) is 4.74 Å². The molecule has 1 amide bonds. The Morgan fingerprint density at radius 2 is 1.86 bits per heavy atom. The van der Waals surface area contributed by atoms with Crippen LogP contribution >= 0.6 is 0 Å². The Kier molecular flexibility index (Phi) is 4.50. The highest BCUT2D eigenvalue weighted by atomic mass is 16.5. The summed E-state index contributed by atoms with van der Waals surface area (Å²) in [6.45, 7) is 1.92. The Morgan fingerprint density at radius 1 is 1.14 bits per heavy atom. The van der Waals surface area contributed by atoms with Crippen LogP contribution in [0.2, 0.25) is 0 Å². The number of nitrogen functional groups attached to an aromatic ring is 1. The molecule has 0 saturated carbocycles. The zero-order valence-corrected chi connectivity index (χ0v) is 11.8. The third kappa shape index (κ3) is 4.04. The van der Waals surface area contributed by atoms with E-state index in [-0.39, 0.29) is 0 Å². The zero-order chi connectivity index (χ0) is 15.2. The van der Waals surface area contributed by atoms with E-state index in [0.29, 0.717) is 17.1 Å². The molecule has 3 N–H and O–H groups in total. The van der Waals surface area contributed by atoms with Gasteiger partial charge in [0.15, 0.2) is 0 Å². The summed E-state index contributed by atoms with van der Waals surface area (Å²) in [7, 11) is 1.31. The molecule has 108 valence electrons. The van der Waals surface area contributed by atoms with Crippen molar-refractivity contribution in [3.05, 3.63) is 48.0 Å². The van der Waals surface area contributed by atoms with Crippen LogP contribution in [-0.4, -0.2) is 13.2 Å². The summed E-state index contributed by atoms with van der Waals surface area (Å²) in [4.78, 5) is 11.1. The predicted molar refractivity (Wildman–Crippen MR) is 82.2 cm³/mol. The maximum Gasteiger partial charge on any atom is 0.411 e. The highest BCUT2D eigenvalue weighted by Crippen LogP contribution is 2.24. The first kappa shape index (κ1) is 14.5. The number of methoxy groups -OCH3 is 1. The number of rotatable bonds is 3. The maximum atomic E-state index is 11.1. The Bertz CT molecular complexity index is 666. The van der Waals surface area contributed by atoms with Crippen LogP contribution < -0.4 is 11.1 Å². The molecule has 0 radical (unpaired) electrons. The Balaban J connectivity index is 2.09. The molecule has 0 heterocycles. The lowest BCUT2D eigenvalue weighted by molar-refractivity contribution is 0.187. The summed E-state index contributed by atoms with van der Waals surface area (Å²) >= 11 is 0. The highest BCUT2D eigenvalue weighted by Gasteiger charge is 2.00. The van der Waals surface area contributed by atoms with Gasteiger partial charge in [-0.15, -0.1) is 0 Å². The summed E-state index contributed by atoms with van der Waals surface area (Å²) in [5, 5.41) is 10.9. The fourth-order valence-electron chi connectivity index (χ4n) is 1.68. The third-order valence-corrected chi connectivity index (χ3v) is 2.79. The molecule has 0 bridgehead atoms. The number of ether oxygens (including phenoxy) is 1. The number of nitrogens with one attached hydrogen (secondary N) is 1. The van der Waals surface area contributed by atoms with E-state index in [1.807, 2.05) is 19.1 Å². The van der Waals surface area contributed by atoms with Crippen LogP contribution in [0.5, 0.6) is 0 Å². The second-order valence-corrected chi connectivity index (χ2v) is 4.41. The van der Waals surface area contributed by atoms with Crippen LogP contribution in [0.3, 0.4) is 0 Å². The summed E-state index contributed by atoms with van der Waals surface area (Å²) in [5.41, 5.74) is 9.42. The summed E-state index contributed by atoms with van der Waals surface area (Å²) in [6, 6.07) is 12.4. The van der Waals surface area contributed by atoms with Crippen LogP contribution in [0.15, 0.2) is 52.7 Å². The van der Waals surface area contributed by atoms with E-state index in [2.05, 4.69) is 20.3 Å². The first-order chi connectivity index (χ1) is 10.1. The molecule has 0 fully saturated rings. The lowest BCUT2D eigenvalue weighted by Crippen LogP contribution is -2.10. The van der Waals surface area contributed by atoms with Crippen molar-refractivity contribution in [2.45, 2.75) is 6.92 Å². The summed E-state index contributed by atoms with van der Waals surface area (Å²) in [6.07, 6.45) is -0.512. The van der Waals surface area contributed by atoms with E-state index in [4.69, 9.17) is 5.73 Å². The smallest absolute Gasteiger partial charge is 0.411 e. The van der Waals surface area contributed by atoms with E-state index in [9.17, 15) is 4.79 Å². The van der Waals surface area contributed by atoms with Gasteiger partial charge < -0.3 is 10.5 Å². The van der Waals surface area contributed by atoms with Crippen LogP contribution in [0, 0.1) is 6.92 Å². The number of aryl methyl sites for hydroxylation is 1. The number of carbonyl (C=O) groups is 1. The van der Waals surface area contributed by atoms with Gasteiger partial charge in [-0.3, -0.25) is 5.32 Å². The van der Waals surface area contributed by atoms with Gasteiger partial charge in [0.2, 0.25) is 0 Å². The number of azo groups is 1. The van der Waals surface area contributed by atoms with Crippen molar-refractivity contribution < 1.29 is 9.53 Å². The van der Waals surface area contributed by atoms with Gasteiger partial charge >= 0.3 is 6.09 Å². The number of nitrogens with two attached hydrogens (primary N) is 1. The number of anilines is 2. The van der Waals surface area contributed by atoms with E-state index >= 15 is 0 Å². The van der Waals surface area contributed by atoms with Crippen molar-refractivity contribution >= 4 is 28.8 Å². The molecule has 2 aromatic carbocycles. The number of benzene rings is 2. The van der Waals surface area contributed by atoms with Gasteiger partial charge in [-0.05, 0) is 55.0 Å². The second-order valence-electron chi connectivity index (χ2n) is 4.41. The molecule has 0 spiro atoms. The van der Waals surface area contributed by atoms with Gasteiger partial charge in [0.25, 0.3) is 0 Å². The van der Waals surface area contributed by atoms with Crippen molar-refractivity contribution in [1.82, 2.24) is 0 Å². The number of nitrogens with zero attached hydrogens (tertiary/aromatic N) is 2. The standard InChI is InChI=1S/C15H16N4O2/c1-10-9-11(16)3-8-14(10)19-18-13-6-4-12(5-7-13)17-15(20)21-2/h3-9H,16H2,1-2H3,(H,17,20). The van der Waals surface area contributed by atoms with Crippen molar-refractivity contribution in [3.63, 3.8) is 0 Å². The van der Waals surface area contributed by atoms with Gasteiger partial charge in [-0.25, -0.2) is 4.79 Å². The van der Waals surface area contributed by atoms with Gasteiger partial charge in [0.05, 0.1) is 18.5 Å². The molecule has 0 aliphatic carbocycles. The molecule has 2 rings (SSSR count). The first-order valence-electron chi connectivity index (χ1n) is 6.31. The average molecular weight is 284 g/mol. The maximum absolute atomic E-state index is 11.1. The van der Waals surface area contributed by atoms with E-state index in [1.165, 1.54) is 7.11 Å². The number of amides is 1. The van der Waals surface area contributed by atoms with Crippen LogP contribution in [0.25, 0.3) is 0 Å². The molecule has 0 aromatic heterocycles. The van der Waals surface area contributed by atoms with E-state index in [1.54, 1.807) is 30.3 Å². The van der Waals surface area contributed by atoms with Gasteiger partial charge in [-0.2, -0.15) is 10.2 Å². The molecule has 0 saturated heterocycles. The fourth-order valence-corrected chi connectivity index (χ4v) is 1.68. The molecule has 21 heavy (non-hydrogen) atoms. The zero-order valence-electron chi connectivity index (χ0n) is 11.8. The lowest BCUT2D eigenvalue weighted by Gasteiger charge is -2.03. The minimum atomic E-state index is -0.512. The van der Waals surface area contributed by atoms with E-state index in [0.717, 1.165) is 11.3 Å². The molecule has 6 heteroatoms. The van der Waals surface area contributed by atoms with Gasteiger partial charge in [0, 0.05) is 11.4 Å². The highest BCUT2D eigenvalue weighted by molar-refractivity contribution is 5.84. The molecular weight excluding hydrogens is 268 g/mol. The van der Waals surface area contributed by atoms with Crippen molar-refractivity contribution in [1.29, 1.82) is 0 Å². The minimum absolute atomic E-state index is 0.512. The molecule has 0 aliphatic rings. The number of carbonyl (C=O) groups excluding carboxylic acids is 1. The van der Waals surface area contributed by atoms with Gasteiger partial charge in [0.1, 0.15) is 0 Å². The Morgan fingerprint density at radius 3 is 2.48 bits per heavy atom. The Labute approximate surface area is 122 Å². The van der Waals surface area contributed by atoms with E-state index < -0.39 is 6.09 Å². The average Bonchev–Trinajstić information content (AvgIpc) is 2.48. The second kappa shape index (κ2) is 6.51. The lowest BCUT2D eigenvalue weighted by atomic mass is 10.2. The first-order valence-corrected chi connectivity index (χ1v) is 6.31. The molecule has 0 aliphatic heterocycles. The molecule has 2 aromatic rings. The molecular formula is C15H16N4O2. The summed E-state index contributed by atoms with van der Waals surface area (Å²) < 4.78 is 4.51.